The fourth-order valence-corrected chi connectivity index (χ4v) is 8.04. The van der Waals surface area contributed by atoms with Crippen LogP contribution in [0.5, 0.6) is 0 Å². The van der Waals surface area contributed by atoms with Crippen LogP contribution in [0.25, 0.3) is 10.9 Å². The number of fused-ring (bicyclic) bond motifs is 1. The molecule has 0 aliphatic carbocycles. The van der Waals surface area contributed by atoms with E-state index >= 15 is 0 Å². The summed E-state index contributed by atoms with van der Waals surface area (Å²) >= 11 is 1.95. The van der Waals surface area contributed by atoms with Crippen LogP contribution >= 0.6 is 22.6 Å². The number of benzene rings is 1. The van der Waals surface area contributed by atoms with Crippen molar-refractivity contribution in [2.75, 3.05) is 6.54 Å². The Kier molecular flexibility index (Phi) is 8.38. The van der Waals surface area contributed by atoms with Crippen LogP contribution < -0.4 is 0 Å². The van der Waals surface area contributed by atoms with E-state index in [1.807, 2.05) is 41.6 Å². The van der Waals surface area contributed by atoms with E-state index in [0.717, 1.165) is 10.8 Å². The number of carbonyl (C=O) groups is 2. The molecule has 1 aliphatic heterocycles. The smallest absolute Gasteiger partial charge is 0.323 e. The molecule has 0 unspecified atom stereocenters. The number of nitrogens with zero attached hydrogens (tertiary/aromatic N) is 2. The minimum Gasteiger partial charge on any atom is -0.480 e. The number of carboxylic acid groups (broad SMARTS) is 1. The van der Waals surface area contributed by atoms with Crippen molar-refractivity contribution in [3.8, 4) is 0 Å². The lowest BCUT2D eigenvalue weighted by molar-refractivity contribution is -0.168. The molecule has 1 fully saturated rings. The van der Waals surface area contributed by atoms with Crippen LogP contribution in [-0.4, -0.2) is 62.3 Å². The van der Waals surface area contributed by atoms with Gasteiger partial charge in [-0.05, 0) is 65.8 Å². The molecule has 3 rings (SSSR count). The minimum absolute atomic E-state index is 0.0560. The number of hydrogen-bond acceptors (Lipinski definition) is 6. The van der Waals surface area contributed by atoms with Gasteiger partial charge in [-0.2, -0.15) is 0 Å². The molecule has 3 atom stereocenters. The standard InChI is InChI=1S/C25H33IN2O6SSi/c1-16(34-36(5,6)25(2,3)4)23-20(28(24(23)31)14-22(29)30)13-18(26)15-35(32,33)21-12-11-17-9-7-8-10-19(17)27-21/h7-12,15-16,20,23H,13-14H2,1-6H3,(H,29,30)/t16-,20-,23+/m1/s1. The van der Waals surface area contributed by atoms with Crippen molar-refractivity contribution in [3.63, 3.8) is 0 Å². The van der Waals surface area contributed by atoms with Crippen molar-refractivity contribution in [1.29, 1.82) is 0 Å². The highest BCUT2D eigenvalue weighted by Gasteiger charge is 2.52. The predicted molar refractivity (Wildman–Crippen MR) is 150 cm³/mol. The van der Waals surface area contributed by atoms with Gasteiger partial charge in [0.25, 0.3) is 0 Å². The second kappa shape index (κ2) is 10.5. The van der Waals surface area contributed by atoms with Gasteiger partial charge in [-0.1, -0.05) is 39.0 Å². The zero-order chi connectivity index (χ0) is 27.1. The molecule has 1 aromatic carbocycles. The Hall–Kier alpha value is -1.83. The highest BCUT2D eigenvalue weighted by molar-refractivity contribution is 14.1. The number of pyridine rings is 1. The van der Waals surface area contributed by atoms with Gasteiger partial charge in [0.2, 0.25) is 15.7 Å². The number of halogens is 1. The molecule has 2 heterocycles. The molecule has 1 aromatic heterocycles. The molecule has 1 saturated heterocycles. The van der Waals surface area contributed by atoms with Gasteiger partial charge in [0.05, 0.1) is 23.6 Å². The summed E-state index contributed by atoms with van der Waals surface area (Å²) in [6, 6.07) is 9.97. The fourth-order valence-electron chi connectivity index (χ4n) is 4.12. The predicted octanol–water partition coefficient (Wildman–Crippen LogP) is 5.00. The maximum atomic E-state index is 13.1. The van der Waals surface area contributed by atoms with Gasteiger partial charge in [0, 0.05) is 20.8 Å². The summed E-state index contributed by atoms with van der Waals surface area (Å²) in [5.41, 5.74) is 0.580. The second-order valence-electron chi connectivity index (χ2n) is 10.7. The average molecular weight is 645 g/mol. The summed E-state index contributed by atoms with van der Waals surface area (Å²) in [6.45, 7) is 11.9. The molecule has 0 radical (unpaired) electrons. The molecule has 2 aromatic rings. The third-order valence-electron chi connectivity index (χ3n) is 7.03. The van der Waals surface area contributed by atoms with Gasteiger partial charge in [0.15, 0.2) is 13.3 Å². The van der Waals surface area contributed by atoms with Gasteiger partial charge >= 0.3 is 5.97 Å². The number of hydrogen-bond donors (Lipinski definition) is 1. The number of aliphatic carboxylic acids is 1. The summed E-state index contributed by atoms with van der Waals surface area (Å²) in [5, 5.41) is 11.2. The molecule has 1 N–H and O–H groups in total. The lowest BCUT2D eigenvalue weighted by atomic mass is 9.81. The van der Waals surface area contributed by atoms with E-state index in [0.29, 0.717) is 9.10 Å². The summed E-state index contributed by atoms with van der Waals surface area (Å²) < 4.78 is 33.1. The minimum atomic E-state index is -3.85. The molecular formula is C25H33IN2O6SSi. The zero-order valence-corrected chi connectivity index (χ0v) is 25.3. The maximum absolute atomic E-state index is 13.1. The van der Waals surface area contributed by atoms with E-state index in [2.05, 4.69) is 38.8 Å². The molecule has 0 spiro atoms. The normalized spacial score (nSPS) is 20.4. The van der Waals surface area contributed by atoms with Gasteiger partial charge in [-0.25, -0.2) is 13.4 Å². The summed E-state index contributed by atoms with van der Waals surface area (Å²) in [7, 11) is -6.02. The van der Waals surface area contributed by atoms with E-state index in [1.54, 1.807) is 18.2 Å². The Morgan fingerprint density at radius 1 is 1.25 bits per heavy atom. The monoisotopic (exact) mass is 644 g/mol. The molecule has 0 saturated carbocycles. The van der Waals surface area contributed by atoms with E-state index in [9.17, 15) is 23.1 Å². The zero-order valence-electron chi connectivity index (χ0n) is 21.4. The number of aromatic nitrogens is 1. The van der Waals surface area contributed by atoms with Crippen molar-refractivity contribution in [1.82, 2.24) is 9.88 Å². The fraction of sp³-hybridized carbons (Fsp3) is 0.480. The quantitative estimate of drug-likeness (QED) is 0.232. The van der Waals surface area contributed by atoms with Crippen LogP contribution in [0.2, 0.25) is 18.1 Å². The number of para-hydroxylation sites is 1. The van der Waals surface area contributed by atoms with Crippen molar-refractivity contribution in [2.45, 2.75) is 69.4 Å². The number of rotatable bonds is 9. The number of β-lactam (4-membered cyclic amide) rings is 1. The molecule has 36 heavy (non-hydrogen) atoms. The lowest BCUT2D eigenvalue weighted by Crippen LogP contribution is -2.66. The molecule has 1 aliphatic rings. The Morgan fingerprint density at radius 3 is 2.50 bits per heavy atom. The SMILES string of the molecule is C[C@@H](O[Si](C)(C)C(C)(C)C)[C@@H]1C(=O)N(CC(=O)O)[C@@H]1CC(I)=CS(=O)(=O)c1ccc2ccccc2n1. The first-order valence-corrected chi connectivity index (χ1v) is 17.2. The largest absolute Gasteiger partial charge is 0.480 e. The Morgan fingerprint density at radius 2 is 1.89 bits per heavy atom. The van der Waals surface area contributed by atoms with Gasteiger partial charge < -0.3 is 14.4 Å². The summed E-state index contributed by atoms with van der Waals surface area (Å²) in [6.07, 6.45) is -0.209. The Bertz CT molecular complexity index is 1310. The van der Waals surface area contributed by atoms with E-state index in [-0.39, 0.29) is 22.4 Å². The molecule has 1 amide bonds. The van der Waals surface area contributed by atoms with Gasteiger partial charge in [-0.15, -0.1) is 0 Å². The van der Waals surface area contributed by atoms with Crippen LogP contribution in [0.4, 0.5) is 0 Å². The second-order valence-corrected chi connectivity index (χ2v) is 18.6. The molecule has 0 bridgehead atoms. The Labute approximate surface area is 227 Å². The van der Waals surface area contributed by atoms with Crippen LogP contribution in [-0.2, 0) is 23.9 Å². The van der Waals surface area contributed by atoms with Crippen LogP contribution in [0, 0.1) is 5.92 Å². The first-order chi connectivity index (χ1) is 16.5. The molecule has 196 valence electrons. The lowest BCUT2D eigenvalue weighted by Gasteiger charge is -2.51. The number of carbonyl (C=O) groups excluding carboxylic acids is 1. The van der Waals surface area contributed by atoms with Crippen molar-refractivity contribution in [3.05, 3.63) is 45.4 Å². The Balaban J connectivity index is 1.85. The van der Waals surface area contributed by atoms with E-state index in [1.165, 1.54) is 11.0 Å². The third kappa shape index (κ3) is 6.17. The van der Waals surface area contributed by atoms with Crippen molar-refractivity contribution < 1.29 is 27.5 Å². The van der Waals surface area contributed by atoms with Gasteiger partial charge in [0.1, 0.15) is 6.54 Å². The molecule has 8 nitrogen and oxygen atoms in total. The topological polar surface area (TPSA) is 114 Å². The first-order valence-electron chi connectivity index (χ1n) is 11.7. The number of carboxylic acids is 1. The van der Waals surface area contributed by atoms with Crippen molar-refractivity contribution >= 4 is 63.5 Å². The van der Waals surface area contributed by atoms with Crippen LogP contribution in [0.1, 0.15) is 34.1 Å². The van der Waals surface area contributed by atoms with E-state index < -0.39 is 48.7 Å². The molecular weight excluding hydrogens is 611 g/mol. The highest BCUT2D eigenvalue weighted by Crippen LogP contribution is 2.42. The summed E-state index contributed by atoms with van der Waals surface area (Å²) in [5.74, 6) is -1.94. The van der Waals surface area contributed by atoms with Crippen LogP contribution in [0.15, 0.2) is 50.4 Å². The van der Waals surface area contributed by atoms with Gasteiger partial charge in [-0.3, -0.25) is 9.59 Å². The van der Waals surface area contributed by atoms with Crippen molar-refractivity contribution in [2.24, 2.45) is 5.92 Å². The van der Waals surface area contributed by atoms with Crippen LogP contribution in [0.3, 0.4) is 0 Å². The third-order valence-corrected chi connectivity index (χ3v) is 14.2. The summed E-state index contributed by atoms with van der Waals surface area (Å²) in [4.78, 5) is 29.9. The number of amides is 1. The number of sulfone groups is 1. The molecule has 11 heteroatoms. The first kappa shape index (κ1) is 28.7. The average Bonchev–Trinajstić information content (AvgIpc) is 2.75. The van der Waals surface area contributed by atoms with E-state index in [4.69, 9.17) is 4.43 Å². The number of likely N-dealkylation sites (tertiary alicyclic amines) is 1. The maximum Gasteiger partial charge on any atom is 0.323 e. The highest BCUT2D eigenvalue weighted by atomic mass is 127.